The number of ether oxygens (including phenoxy) is 1. The number of unbranched alkanes of at least 4 members (excludes halogenated alkanes) is 2. The molecule has 0 amide bonds. The minimum absolute atomic E-state index is 0.663. The van der Waals surface area contributed by atoms with Crippen molar-refractivity contribution >= 4 is 15.9 Å². The molecule has 3 heteroatoms. The van der Waals surface area contributed by atoms with Crippen LogP contribution in [0.2, 0.25) is 0 Å². The highest BCUT2D eigenvalue weighted by atomic mass is 79.9. The molecule has 0 aliphatic carbocycles. The van der Waals surface area contributed by atoms with Crippen molar-refractivity contribution in [1.29, 1.82) is 0 Å². The highest BCUT2D eigenvalue weighted by Gasteiger charge is 1.94. The van der Waals surface area contributed by atoms with Gasteiger partial charge in [0, 0.05) is 23.5 Å². The first-order chi connectivity index (χ1) is 6.83. The van der Waals surface area contributed by atoms with E-state index in [4.69, 9.17) is 4.74 Å². The fourth-order valence-electron chi connectivity index (χ4n) is 1.18. The van der Waals surface area contributed by atoms with Gasteiger partial charge in [0.2, 0.25) is 0 Å². The first-order valence-corrected chi connectivity index (χ1v) is 5.79. The molecule has 2 nitrogen and oxygen atoms in total. The van der Waals surface area contributed by atoms with Gasteiger partial charge in [0.25, 0.3) is 0 Å². The molecular formula is C11H16BrNO. The van der Waals surface area contributed by atoms with E-state index in [1.165, 1.54) is 12.8 Å². The molecule has 0 N–H and O–H groups in total. The van der Waals surface area contributed by atoms with Crippen molar-refractivity contribution in [1.82, 2.24) is 4.98 Å². The summed E-state index contributed by atoms with van der Waals surface area (Å²) < 4.78 is 6.52. The Kier molecular flexibility index (Phi) is 5.80. The second-order valence-electron chi connectivity index (χ2n) is 3.27. The van der Waals surface area contributed by atoms with Crippen molar-refractivity contribution in [2.24, 2.45) is 0 Å². The smallest absolute Gasteiger partial charge is 0.0732 e. The van der Waals surface area contributed by atoms with Gasteiger partial charge < -0.3 is 4.74 Å². The van der Waals surface area contributed by atoms with E-state index < -0.39 is 0 Å². The van der Waals surface area contributed by atoms with Gasteiger partial charge in [-0.1, -0.05) is 19.8 Å². The zero-order chi connectivity index (χ0) is 10.2. The molecule has 1 aromatic heterocycles. The summed E-state index contributed by atoms with van der Waals surface area (Å²) in [5.74, 6) is 0. The maximum atomic E-state index is 5.52. The average molecular weight is 258 g/mol. The lowest BCUT2D eigenvalue weighted by molar-refractivity contribution is 0.117. The highest BCUT2D eigenvalue weighted by Crippen LogP contribution is 2.10. The van der Waals surface area contributed by atoms with Crippen molar-refractivity contribution in [3.8, 4) is 0 Å². The molecule has 0 radical (unpaired) electrons. The van der Waals surface area contributed by atoms with Crippen LogP contribution in [0.15, 0.2) is 22.9 Å². The maximum Gasteiger partial charge on any atom is 0.0732 e. The molecule has 0 unspecified atom stereocenters. The van der Waals surface area contributed by atoms with Crippen molar-refractivity contribution in [3.63, 3.8) is 0 Å². The lowest BCUT2D eigenvalue weighted by Gasteiger charge is -2.03. The molecular weight excluding hydrogens is 242 g/mol. The van der Waals surface area contributed by atoms with Crippen molar-refractivity contribution in [2.75, 3.05) is 6.61 Å². The highest BCUT2D eigenvalue weighted by molar-refractivity contribution is 9.10. The summed E-state index contributed by atoms with van der Waals surface area (Å²) in [5, 5.41) is 0. The second kappa shape index (κ2) is 6.96. The van der Waals surface area contributed by atoms with E-state index in [9.17, 15) is 0 Å². The molecule has 0 atom stereocenters. The van der Waals surface area contributed by atoms with Gasteiger partial charge >= 0.3 is 0 Å². The maximum absolute atomic E-state index is 5.52. The van der Waals surface area contributed by atoms with Crippen LogP contribution >= 0.6 is 15.9 Å². The van der Waals surface area contributed by atoms with E-state index in [2.05, 4.69) is 27.8 Å². The Morgan fingerprint density at radius 2 is 2.21 bits per heavy atom. The monoisotopic (exact) mass is 257 g/mol. The van der Waals surface area contributed by atoms with Crippen LogP contribution in [0.1, 0.15) is 31.7 Å². The standard InChI is InChI=1S/C11H16BrNO/c1-2-3-4-5-14-9-10-6-11(12)8-13-7-10/h6-8H,2-5,9H2,1H3. The van der Waals surface area contributed by atoms with Gasteiger partial charge in [0.1, 0.15) is 0 Å². The lowest BCUT2D eigenvalue weighted by Crippen LogP contribution is -1.95. The largest absolute Gasteiger partial charge is 0.377 e. The molecule has 0 aliphatic heterocycles. The zero-order valence-corrected chi connectivity index (χ0v) is 10.1. The van der Waals surface area contributed by atoms with Gasteiger partial charge in [-0.05, 0) is 34.0 Å². The minimum Gasteiger partial charge on any atom is -0.377 e. The van der Waals surface area contributed by atoms with Crippen LogP contribution in [-0.4, -0.2) is 11.6 Å². The molecule has 14 heavy (non-hydrogen) atoms. The Morgan fingerprint density at radius 1 is 1.36 bits per heavy atom. The summed E-state index contributed by atoms with van der Waals surface area (Å²) in [5.41, 5.74) is 1.12. The van der Waals surface area contributed by atoms with Crippen LogP contribution in [0.25, 0.3) is 0 Å². The first kappa shape index (κ1) is 11.7. The van der Waals surface area contributed by atoms with Crippen LogP contribution in [0.5, 0.6) is 0 Å². The summed E-state index contributed by atoms with van der Waals surface area (Å²) >= 11 is 3.38. The topological polar surface area (TPSA) is 22.1 Å². The van der Waals surface area contributed by atoms with E-state index in [0.29, 0.717) is 6.61 Å². The summed E-state index contributed by atoms with van der Waals surface area (Å²) in [6, 6.07) is 2.03. The number of hydrogen-bond acceptors (Lipinski definition) is 2. The normalized spacial score (nSPS) is 10.4. The summed E-state index contributed by atoms with van der Waals surface area (Å²) in [4.78, 5) is 4.07. The van der Waals surface area contributed by atoms with Gasteiger partial charge in [0.15, 0.2) is 0 Å². The summed E-state index contributed by atoms with van der Waals surface area (Å²) in [7, 11) is 0. The zero-order valence-electron chi connectivity index (χ0n) is 8.50. The third kappa shape index (κ3) is 4.72. The van der Waals surface area contributed by atoms with Crippen molar-refractivity contribution in [2.45, 2.75) is 32.8 Å². The average Bonchev–Trinajstić information content (AvgIpc) is 2.18. The third-order valence-electron chi connectivity index (χ3n) is 1.92. The Bertz CT molecular complexity index is 265. The van der Waals surface area contributed by atoms with Crippen LogP contribution in [0.4, 0.5) is 0 Å². The lowest BCUT2D eigenvalue weighted by atomic mass is 10.3. The number of pyridine rings is 1. The van der Waals surface area contributed by atoms with Gasteiger partial charge in [-0.3, -0.25) is 4.98 Å². The van der Waals surface area contributed by atoms with Crippen molar-refractivity contribution in [3.05, 3.63) is 28.5 Å². The van der Waals surface area contributed by atoms with Crippen LogP contribution in [0.3, 0.4) is 0 Å². The molecule has 0 saturated heterocycles. The quantitative estimate of drug-likeness (QED) is 0.728. The number of aromatic nitrogens is 1. The number of nitrogens with zero attached hydrogens (tertiary/aromatic N) is 1. The first-order valence-electron chi connectivity index (χ1n) is 5.00. The van der Waals surface area contributed by atoms with Crippen LogP contribution < -0.4 is 0 Å². The Morgan fingerprint density at radius 3 is 2.93 bits per heavy atom. The van der Waals surface area contributed by atoms with E-state index >= 15 is 0 Å². The summed E-state index contributed by atoms with van der Waals surface area (Å²) in [6.07, 6.45) is 7.25. The molecule has 1 aromatic rings. The van der Waals surface area contributed by atoms with E-state index in [1.54, 1.807) is 6.20 Å². The molecule has 0 fully saturated rings. The number of halogens is 1. The van der Waals surface area contributed by atoms with Gasteiger partial charge in [0.05, 0.1) is 6.61 Å². The van der Waals surface area contributed by atoms with Crippen LogP contribution in [-0.2, 0) is 11.3 Å². The Labute approximate surface area is 93.8 Å². The Balaban J connectivity index is 2.18. The van der Waals surface area contributed by atoms with E-state index in [0.717, 1.165) is 23.1 Å². The Hall–Kier alpha value is -0.410. The number of rotatable bonds is 6. The molecule has 0 bridgehead atoms. The molecule has 1 heterocycles. The molecule has 0 saturated carbocycles. The predicted molar refractivity (Wildman–Crippen MR) is 61.1 cm³/mol. The van der Waals surface area contributed by atoms with E-state index in [-0.39, 0.29) is 0 Å². The molecule has 0 aliphatic rings. The fraction of sp³-hybridized carbons (Fsp3) is 0.545. The van der Waals surface area contributed by atoms with Gasteiger partial charge in [-0.15, -0.1) is 0 Å². The SMILES string of the molecule is CCCCCOCc1cncc(Br)c1. The number of hydrogen-bond donors (Lipinski definition) is 0. The summed E-state index contributed by atoms with van der Waals surface area (Å²) in [6.45, 7) is 3.70. The molecule has 1 rings (SSSR count). The van der Waals surface area contributed by atoms with Crippen molar-refractivity contribution < 1.29 is 4.74 Å². The fourth-order valence-corrected chi connectivity index (χ4v) is 1.59. The minimum atomic E-state index is 0.663. The molecule has 0 spiro atoms. The third-order valence-corrected chi connectivity index (χ3v) is 2.36. The molecule has 78 valence electrons. The molecule has 0 aromatic carbocycles. The van der Waals surface area contributed by atoms with E-state index in [1.807, 2.05) is 12.3 Å². The van der Waals surface area contributed by atoms with Gasteiger partial charge in [-0.25, -0.2) is 0 Å². The van der Waals surface area contributed by atoms with Crippen LogP contribution in [0, 0.1) is 0 Å². The van der Waals surface area contributed by atoms with Gasteiger partial charge in [-0.2, -0.15) is 0 Å². The second-order valence-corrected chi connectivity index (χ2v) is 4.19. The predicted octanol–water partition coefficient (Wildman–Crippen LogP) is 3.55.